The third-order valence-corrected chi connectivity index (χ3v) is 2.27. The van der Waals surface area contributed by atoms with Gasteiger partial charge >= 0.3 is 0 Å². The first kappa shape index (κ1) is 12.2. The van der Waals surface area contributed by atoms with Crippen LogP contribution in [0, 0.1) is 5.82 Å². The molecule has 2 aromatic rings. The summed E-state index contributed by atoms with van der Waals surface area (Å²) < 4.78 is 24.2. The standard InChI is InChI=1S/C14H14FNO2/c1-2-17-13-5-3-4-6-14(13)18-12-8-10(15)7-11(16)9-12/h3-9H,2,16H2,1H3. The molecule has 0 atom stereocenters. The molecule has 0 fully saturated rings. The van der Waals surface area contributed by atoms with Crippen molar-refractivity contribution in [3.63, 3.8) is 0 Å². The molecule has 0 amide bonds. The maximum atomic E-state index is 13.2. The summed E-state index contributed by atoms with van der Waals surface area (Å²) in [6, 6.07) is 11.3. The Morgan fingerprint density at radius 2 is 1.83 bits per heavy atom. The Bertz CT molecular complexity index is 523. The predicted octanol–water partition coefficient (Wildman–Crippen LogP) is 3.60. The Morgan fingerprint density at radius 1 is 1.11 bits per heavy atom. The van der Waals surface area contributed by atoms with Crippen LogP contribution >= 0.6 is 0 Å². The van der Waals surface area contributed by atoms with Crippen LogP contribution in [0.4, 0.5) is 10.1 Å². The molecule has 2 N–H and O–H groups in total. The molecular formula is C14H14FNO2. The molecule has 0 unspecified atom stereocenters. The van der Waals surface area contributed by atoms with Crippen molar-refractivity contribution in [2.75, 3.05) is 12.3 Å². The molecule has 3 nitrogen and oxygen atoms in total. The van der Waals surface area contributed by atoms with Gasteiger partial charge in [-0.25, -0.2) is 4.39 Å². The molecule has 0 saturated heterocycles. The highest BCUT2D eigenvalue weighted by atomic mass is 19.1. The first-order chi connectivity index (χ1) is 8.69. The summed E-state index contributed by atoms with van der Waals surface area (Å²) in [7, 11) is 0. The van der Waals surface area contributed by atoms with Gasteiger partial charge in [0.15, 0.2) is 11.5 Å². The van der Waals surface area contributed by atoms with Crippen molar-refractivity contribution < 1.29 is 13.9 Å². The van der Waals surface area contributed by atoms with Gasteiger partial charge in [-0.3, -0.25) is 0 Å². The molecule has 94 valence electrons. The minimum absolute atomic E-state index is 0.318. The van der Waals surface area contributed by atoms with Gasteiger partial charge in [-0.05, 0) is 25.1 Å². The first-order valence-corrected chi connectivity index (χ1v) is 5.65. The summed E-state index contributed by atoms with van der Waals surface area (Å²) in [6.45, 7) is 2.42. The van der Waals surface area contributed by atoms with Crippen molar-refractivity contribution in [2.24, 2.45) is 0 Å². The van der Waals surface area contributed by atoms with E-state index in [9.17, 15) is 4.39 Å². The average molecular weight is 247 g/mol. The number of benzene rings is 2. The van der Waals surface area contributed by atoms with Crippen molar-refractivity contribution in [3.8, 4) is 17.2 Å². The molecule has 0 aliphatic heterocycles. The maximum absolute atomic E-state index is 13.2. The Labute approximate surface area is 105 Å². The second kappa shape index (κ2) is 5.40. The van der Waals surface area contributed by atoms with E-state index in [2.05, 4.69) is 0 Å². The third kappa shape index (κ3) is 2.91. The van der Waals surface area contributed by atoms with E-state index in [0.717, 1.165) is 0 Å². The summed E-state index contributed by atoms with van der Waals surface area (Å²) in [5, 5.41) is 0. The Kier molecular flexibility index (Phi) is 3.67. The predicted molar refractivity (Wildman–Crippen MR) is 68.5 cm³/mol. The van der Waals surface area contributed by atoms with Crippen molar-refractivity contribution in [2.45, 2.75) is 6.92 Å². The molecule has 0 aliphatic carbocycles. The zero-order valence-electron chi connectivity index (χ0n) is 10.0. The molecular weight excluding hydrogens is 233 g/mol. The summed E-state index contributed by atoms with van der Waals surface area (Å²) in [5.74, 6) is 1.06. The zero-order chi connectivity index (χ0) is 13.0. The van der Waals surface area contributed by atoms with E-state index >= 15 is 0 Å². The fraction of sp³-hybridized carbons (Fsp3) is 0.143. The molecule has 0 heterocycles. The van der Waals surface area contributed by atoms with Gasteiger partial charge in [0, 0.05) is 17.8 Å². The van der Waals surface area contributed by atoms with Crippen LogP contribution in [-0.4, -0.2) is 6.61 Å². The minimum Gasteiger partial charge on any atom is -0.490 e. The van der Waals surface area contributed by atoms with Crippen molar-refractivity contribution >= 4 is 5.69 Å². The molecule has 0 radical (unpaired) electrons. The molecule has 18 heavy (non-hydrogen) atoms. The van der Waals surface area contributed by atoms with Crippen LogP contribution in [0.25, 0.3) is 0 Å². The van der Waals surface area contributed by atoms with Gasteiger partial charge in [-0.15, -0.1) is 0 Å². The average Bonchev–Trinajstić information content (AvgIpc) is 2.30. The van der Waals surface area contributed by atoms with Gasteiger partial charge in [-0.2, -0.15) is 0 Å². The lowest BCUT2D eigenvalue weighted by Crippen LogP contribution is -1.95. The van der Waals surface area contributed by atoms with Crippen LogP contribution in [0.1, 0.15) is 6.92 Å². The summed E-state index contributed by atoms with van der Waals surface area (Å²) in [5.41, 5.74) is 5.88. The number of ether oxygens (including phenoxy) is 2. The van der Waals surface area contributed by atoms with Gasteiger partial charge in [0.2, 0.25) is 0 Å². The van der Waals surface area contributed by atoms with Crippen LogP contribution in [0.2, 0.25) is 0 Å². The van der Waals surface area contributed by atoms with E-state index in [0.29, 0.717) is 29.5 Å². The molecule has 0 aromatic heterocycles. The van der Waals surface area contributed by atoms with E-state index in [1.165, 1.54) is 12.1 Å². The van der Waals surface area contributed by atoms with Gasteiger partial charge < -0.3 is 15.2 Å². The van der Waals surface area contributed by atoms with Crippen LogP contribution in [0.3, 0.4) is 0 Å². The van der Waals surface area contributed by atoms with E-state index in [-0.39, 0.29) is 0 Å². The number of halogens is 1. The molecule has 2 rings (SSSR count). The Balaban J connectivity index is 2.27. The number of anilines is 1. The number of rotatable bonds is 4. The van der Waals surface area contributed by atoms with Gasteiger partial charge in [0.05, 0.1) is 6.61 Å². The summed E-state index contributed by atoms with van der Waals surface area (Å²) in [6.07, 6.45) is 0. The highest BCUT2D eigenvalue weighted by Gasteiger charge is 2.06. The summed E-state index contributed by atoms with van der Waals surface area (Å²) in [4.78, 5) is 0. The van der Waals surface area contributed by atoms with Crippen molar-refractivity contribution in [3.05, 3.63) is 48.3 Å². The highest BCUT2D eigenvalue weighted by Crippen LogP contribution is 2.32. The minimum atomic E-state index is -0.432. The largest absolute Gasteiger partial charge is 0.490 e. The van der Waals surface area contributed by atoms with E-state index < -0.39 is 5.82 Å². The Morgan fingerprint density at radius 3 is 2.50 bits per heavy atom. The molecule has 0 saturated carbocycles. The van der Waals surface area contributed by atoms with Crippen LogP contribution < -0.4 is 15.2 Å². The lowest BCUT2D eigenvalue weighted by molar-refractivity contribution is 0.321. The Hall–Kier alpha value is -2.23. The van der Waals surface area contributed by atoms with E-state index in [1.807, 2.05) is 19.1 Å². The fourth-order valence-electron chi connectivity index (χ4n) is 1.58. The number of hydrogen-bond acceptors (Lipinski definition) is 3. The number of nitrogens with two attached hydrogens (primary N) is 1. The number of hydrogen-bond donors (Lipinski definition) is 1. The summed E-state index contributed by atoms with van der Waals surface area (Å²) >= 11 is 0. The SMILES string of the molecule is CCOc1ccccc1Oc1cc(N)cc(F)c1. The second-order valence-electron chi connectivity index (χ2n) is 3.70. The lowest BCUT2D eigenvalue weighted by Gasteiger charge is -2.11. The van der Waals surface area contributed by atoms with E-state index in [4.69, 9.17) is 15.2 Å². The third-order valence-electron chi connectivity index (χ3n) is 2.27. The number of nitrogen functional groups attached to an aromatic ring is 1. The van der Waals surface area contributed by atoms with Crippen molar-refractivity contribution in [1.29, 1.82) is 0 Å². The fourth-order valence-corrected chi connectivity index (χ4v) is 1.58. The smallest absolute Gasteiger partial charge is 0.169 e. The van der Waals surface area contributed by atoms with Crippen molar-refractivity contribution in [1.82, 2.24) is 0 Å². The molecule has 2 aromatic carbocycles. The van der Waals surface area contributed by atoms with Crippen LogP contribution in [-0.2, 0) is 0 Å². The molecule has 0 bridgehead atoms. The first-order valence-electron chi connectivity index (χ1n) is 5.65. The number of para-hydroxylation sites is 2. The highest BCUT2D eigenvalue weighted by molar-refractivity contribution is 5.48. The van der Waals surface area contributed by atoms with Gasteiger partial charge in [-0.1, -0.05) is 12.1 Å². The molecule has 0 aliphatic rings. The van der Waals surface area contributed by atoms with Crippen LogP contribution in [0.5, 0.6) is 17.2 Å². The molecule has 4 heteroatoms. The molecule has 0 spiro atoms. The maximum Gasteiger partial charge on any atom is 0.169 e. The van der Waals surface area contributed by atoms with Gasteiger partial charge in [0.25, 0.3) is 0 Å². The normalized spacial score (nSPS) is 10.1. The van der Waals surface area contributed by atoms with Crippen LogP contribution in [0.15, 0.2) is 42.5 Å². The topological polar surface area (TPSA) is 44.5 Å². The monoisotopic (exact) mass is 247 g/mol. The van der Waals surface area contributed by atoms with Gasteiger partial charge in [0.1, 0.15) is 11.6 Å². The lowest BCUT2D eigenvalue weighted by atomic mass is 10.3. The quantitative estimate of drug-likeness (QED) is 0.839. The second-order valence-corrected chi connectivity index (χ2v) is 3.70. The van der Waals surface area contributed by atoms with E-state index in [1.54, 1.807) is 18.2 Å². The zero-order valence-corrected chi connectivity index (χ0v) is 10.0.